The fraction of sp³-hybridized carbons (Fsp3) is 0.125. The van der Waals surface area contributed by atoms with Gasteiger partial charge in [0.1, 0.15) is 0 Å². The van der Waals surface area contributed by atoms with Gasteiger partial charge in [0.2, 0.25) is 5.91 Å². The second kappa shape index (κ2) is 6.90. The molecule has 0 bridgehead atoms. The van der Waals surface area contributed by atoms with Crippen molar-refractivity contribution in [1.29, 1.82) is 0 Å². The van der Waals surface area contributed by atoms with E-state index in [0.29, 0.717) is 28.4 Å². The second-order valence-electron chi connectivity index (χ2n) is 4.45. The number of carbonyl (C=O) groups is 2. The number of hydrogen-bond acceptors (Lipinski definition) is 2. The van der Waals surface area contributed by atoms with E-state index in [-0.39, 0.29) is 11.8 Å². The van der Waals surface area contributed by atoms with E-state index in [2.05, 4.69) is 10.6 Å². The zero-order chi connectivity index (χ0) is 15.2. The molecule has 2 N–H and O–H groups in total. The van der Waals surface area contributed by atoms with Crippen LogP contribution >= 0.6 is 11.6 Å². The highest BCUT2D eigenvalue weighted by Crippen LogP contribution is 2.17. The minimum Gasteiger partial charge on any atom is -0.326 e. The first-order valence-electron chi connectivity index (χ1n) is 6.55. The van der Waals surface area contributed by atoms with Crippen molar-refractivity contribution in [2.24, 2.45) is 0 Å². The molecule has 2 aromatic rings. The van der Waals surface area contributed by atoms with E-state index in [1.165, 1.54) is 0 Å². The van der Waals surface area contributed by atoms with Gasteiger partial charge in [-0.25, -0.2) is 0 Å². The normalized spacial score (nSPS) is 10.0. The Morgan fingerprint density at radius 3 is 2.33 bits per heavy atom. The summed E-state index contributed by atoms with van der Waals surface area (Å²) in [6, 6.07) is 13.7. The molecule has 0 saturated heterocycles. The van der Waals surface area contributed by atoms with Crippen molar-refractivity contribution in [3.8, 4) is 0 Å². The highest BCUT2D eigenvalue weighted by molar-refractivity contribution is 6.31. The van der Waals surface area contributed by atoms with Gasteiger partial charge in [0.15, 0.2) is 0 Å². The third kappa shape index (κ3) is 4.33. The Balaban J connectivity index is 2.12. The van der Waals surface area contributed by atoms with Gasteiger partial charge in [-0.1, -0.05) is 30.7 Å². The molecule has 2 aromatic carbocycles. The monoisotopic (exact) mass is 302 g/mol. The van der Waals surface area contributed by atoms with Gasteiger partial charge in [-0.3, -0.25) is 9.59 Å². The molecule has 0 unspecified atom stereocenters. The van der Waals surface area contributed by atoms with Gasteiger partial charge in [-0.15, -0.1) is 0 Å². The molecule has 0 heterocycles. The fourth-order valence-electron chi connectivity index (χ4n) is 1.76. The number of amides is 2. The molecule has 0 aliphatic rings. The summed E-state index contributed by atoms with van der Waals surface area (Å²) >= 11 is 5.87. The average molecular weight is 303 g/mol. The molecule has 108 valence electrons. The summed E-state index contributed by atoms with van der Waals surface area (Å²) in [7, 11) is 0. The quantitative estimate of drug-likeness (QED) is 0.898. The number of halogens is 1. The number of benzene rings is 2. The van der Waals surface area contributed by atoms with E-state index < -0.39 is 0 Å². The van der Waals surface area contributed by atoms with E-state index in [1.807, 2.05) is 0 Å². The Bertz CT molecular complexity index is 671. The summed E-state index contributed by atoms with van der Waals surface area (Å²) < 4.78 is 0. The van der Waals surface area contributed by atoms with Crippen LogP contribution in [0.25, 0.3) is 0 Å². The summed E-state index contributed by atoms with van der Waals surface area (Å²) in [5.41, 5.74) is 1.68. The van der Waals surface area contributed by atoms with Crippen molar-refractivity contribution < 1.29 is 9.59 Å². The number of rotatable bonds is 4. The lowest BCUT2D eigenvalue weighted by Gasteiger charge is -2.08. The third-order valence-corrected chi connectivity index (χ3v) is 3.05. The minimum absolute atomic E-state index is 0.0950. The summed E-state index contributed by atoms with van der Waals surface area (Å²) in [5, 5.41) is 6.03. The van der Waals surface area contributed by atoms with Crippen molar-refractivity contribution in [3.63, 3.8) is 0 Å². The van der Waals surface area contributed by atoms with Gasteiger partial charge in [0.25, 0.3) is 5.91 Å². The predicted octanol–water partition coefficient (Wildman–Crippen LogP) is 3.94. The van der Waals surface area contributed by atoms with Crippen LogP contribution in [0.4, 0.5) is 11.4 Å². The van der Waals surface area contributed by atoms with Crippen molar-refractivity contribution in [2.75, 3.05) is 10.6 Å². The molecule has 2 rings (SSSR count). The Morgan fingerprint density at radius 2 is 1.67 bits per heavy atom. The van der Waals surface area contributed by atoms with Crippen molar-refractivity contribution in [2.45, 2.75) is 13.3 Å². The van der Waals surface area contributed by atoms with Crippen LogP contribution in [0.5, 0.6) is 0 Å². The smallest absolute Gasteiger partial charge is 0.255 e. The zero-order valence-electron chi connectivity index (χ0n) is 11.5. The summed E-state index contributed by atoms with van der Waals surface area (Å²) in [6.45, 7) is 1.77. The van der Waals surface area contributed by atoms with E-state index in [4.69, 9.17) is 11.6 Å². The third-order valence-electron chi connectivity index (χ3n) is 2.81. The zero-order valence-corrected chi connectivity index (χ0v) is 12.3. The minimum atomic E-state index is -0.259. The molecule has 2 amide bonds. The van der Waals surface area contributed by atoms with E-state index in [1.54, 1.807) is 55.5 Å². The summed E-state index contributed by atoms with van der Waals surface area (Å²) in [4.78, 5) is 23.5. The van der Waals surface area contributed by atoms with Crippen LogP contribution in [0.3, 0.4) is 0 Å². The highest BCUT2D eigenvalue weighted by atomic mass is 35.5. The Labute approximate surface area is 128 Å². The second-order valence-corrected chi connectivity index (χ2v) is 4.88. The Hall–Kier alpha value is -2.33. The summed E-state index contributed by atoms with van der Waals surface area (Å²) in [5.74, 6) is -0.354. The van der Waals surface area contributed by atoms with Gasteiger partial charge in [-0.05, 0) is 36.4 Å². The van der Waals surface area contributed by atoms with Gasteiger partial charge >= 0.3 is 0 Å². The first-order chi connectivity index (χ1) is 10.1. The largest absolute Gasteiger partial charge is 0.326 e. The molecule has 0 saturated carbocycles. The van der Waals surface area contributed by atoms with Gasteiger partial charge in [0.05, 0.1) is 0 Å². The Kier molecular flexibility index (Phi) is 4.95. The number of anilines is 2. The van der Waals surface area contributed by atoms with E-state index in [0.717, 1.165) is 0 Å². The van der Waals surface area contributed by atoms with Crippen molar-refractivity contribution in [3.05, 3.63) is 59.1 Å². The molecule has 0 atom stereocenters. The fourth-order valence-corrected chi connectivity index (χ4v) is 1.95. The first kappa shape index (κ1) is 15.1. The van der Waals surface area contributed by atoms with Crippen LogP contribution in [0, 0.1) is 0 Å². The molecular weight excluding hydrogens is 288 g/mol. The van der Waals surface area contributed by atoms with Gasteiger partial charge < -0.3 is 10.6 Å². The molecule has 0 aliphatic carbocycles. The maximum absolute atomic E-state index is 12.2. The molecule has 0 spiro atoms. The lowest BCUT2D eigenvalue weighted by atomic mass is 10.1. The molecule has 0 aromatic heterocycles. The number of carbonyl (C=O) groups excluding carboxylic acids is 2. The lowest BCUT2D eigenvalue weighted by Crippen LogP contribution is -2.13. The maximum Gasteiger partial charge on any atom is 0.255 e. The van der Waals surface area contributed by atoms with Crippen LogP contribution < -0.4 is 10.6 Å². The van der Waals surface area contributed by atoms with Crippen LogP contribution in [0.15, 0.2) is 48.5 Å². The number of nitrogens with one attached hydrogen (secondary N) is 2. The molecule has 0 fully saturated rings. The van der Waals surface area contributed by atoms with E-state index in [9.17, 15) is 9.59 Å². The predicted molar refractivity (Wildman–Crippen MR) is 84.8 cm³/mol. The van der Waals surface area contributed by atoms with Crippen LogP contribution in [-0.2, 0) is 4.79 Å². The van der Waals surface area contributed by atoms with Crippen LogP contribution in [0.2, 0.25) is 5.02 Å². The molecule has 4 nitrogen and oxygen atoms in total. The van der Waals surface area contributed by atoms with Crippen LogP contribution in [-0.4, -0.2) is 11.8 Å². The van der Waals surface area contributed by atoms with E-state index >= 15 is 0 Å². The van der Waals surface area contributed by atoms with Gasteiger partial charge in [-0.2, -0.15) is 0 Å². The standard InChI is InChI=1S/C16H15ClN2O2/c1-2-15(20)18-13-7-3-5-11(9-13)16(21)19-14-8-4-6-12(17)10-14/h3-10H,2H2,1H3,(H,18,20)(H,19,21). The molecule has 21 heavy (non-hydrogen) atoms. The Morgan fingerprint density at radius 1 is 1.00 bits per heavy atom. The number of hydrogen-bond donors (Lipinski definition) is 2. The SMILES string of the molecule is CCC(=O)Nc1cccc(C(=O)Nc2cccc(Cl)c2)c1. The average Bonchev–Trinajstić information content (AvgIpc) is 2.47. The van der Waals surface area contributed by atoms with Gasteiger partial charge in [0, 0.05) is 28.4 Å². The molecule has 5 heteroatoms. The topological polar surface area (TPSA) is 58.2 Å². The van der Waals surface area contributed by atoms with Crippen molar-refractivity contribution in [1.82, 2.24) is 0 Å². The van der Waals surface area contributed by atoms with Crippen molar-refractivity contribution >= 4 is 34.8 Å². The lowest BCUT2D eigenvalue weighted by molar-refractivity contribution is -0.115. The molecule has 0 aliphatic heterocycles. The molecular formula is C16H15ClN2O2. The first-order valence-corrected chi connectivity index (χ1v) is 6.93. The summed E-state index contributed by atoms with van der Waals surface area (Å²) in [6.07, 6.45) is 0.388. The highest BCUT2D eigenvalue weighted by Gasteiger charge is 2.08. The maximum atomic E-state index is 12.2. The van der Waals surface area contributed by atoms with Crippen LogP contribution in [0.1, 0.15) is 23.7 Å². The molecule has 0 radical (unpaired) electrons.